The molecule has 0 unspecified atom stereocenters. The fourth-order valence-corrected chi connectivity index (χ4v) is 2.71. The second-order valence-electron chi connectivity index (χ2n) is 5.74. The summed E-state index contributed by atoms with van der Waals surface area (Å²) in [4.78, 5) is 10.5. The molecule has 1 aromatic heterocycles. The van der Waals surface area contributed by atoms with E-state index in [-0.39, 0.29) is 6.42 Å². The first-order valence-electron chi connectivity index (χ1n) is 8.46. The van der Waals surface area contributed by atoms with Gasteiger partial charge in [0.2, 0.25) is 0 Å². The van der Waals surface area contributed by atoms with Crippen molar-refractivity contribution in [2.45, 2.75) is 84.7 Å². The Balaban J connectivity index is 2.54. The molecule has 0 saturated heterocycles. The number of imidazole rings is 1. The molecule has 0 spiro atoms. The van der Waals surface area contributed by atoms with Gasteiger partial charge in [0.15, 0.2) is 0 Å². The van der Waals surface area contributed by atoms with Gasteiger partial charge in [-0.3, -0.25) is 0 Å². The standard InChI is InChI=1S/C17H30N2O2/c1-3-5-6-7-8-10-16-18(12-4-2)14-15-19(16)13-9-11-17(20)21/h14-15H,3-13H2,1-2H3. The Labute approximate surface area is 128 Å². The van der Waals surface area contributed by atoms with Crippen LogP contribution in [0.3, 0.4) is 0 Å². The lowest BCUT2D eigenvalue weighted by Gasteiger charge is -2.06. The molecular formula is C17H30N2O2. The van der Waals surface area contributed by atoms with E-state index in [1.54, 1.807) is 0 Å². The van der Waals surface area contributed by atoms with E-state index in [0.717, 1.165) is 25.9 Å². The van der Waals surface area contributed by atoms with Gasteiger partial charge in [0.05, 0.1) is 13.1 Å². The number of carboxylic acids is 1. The molecule has 0 aliphatic heterocycles. The zero-order valence-corrected chi connectivity index (χ0v) is 13.6. The summed E-state index contributed by atoms with van der Waals surface area (Å²) >= 11 is 0. The molecule has 0 amide bonds. The first-order chi connectivity index (χ1) is 10.2. The second-order valence-corrected chi connectivity index (χ2v) is 5.74. The quantitative estimate of drug-likeness (QED) is 0.438. The molecule has 0 aromatic carbocycles. The van der Waals surface area contributed by atoms with Crippen molar-refractivity contribution in [3.8, 4) is 0 Å². The summed E-state index contributed by atoms with van der Waals surface area (Å²) in [7, 11) is 0. The van der Waals surface area contributed by atoms with Crippen molar-refractivity contribution in [2.75, 3.05) is 0 Å². The number of carbonyl (C=O) groups excluding carboxylic acids is 1. The van der Waals surface area contributed by atoms with Gasteiger partial charge in [-0.1, -0.05) is 39.5 Å². The van der Waals surface area contributed by atoms with Crippen LogP contribution < -0.4 is 9.67 Å². The van der Waals surface area contributed by atoms with Crippen molar-refractivity contribution in [1.82, 2.24) is 4.57 Å². The molecule has 0 bridgehead atoms. The highest BCUT2D eigenvalue weighted by molar-refractivity contribution is 5.64. The van der Waals surface area contributed by atoms with E-state index in [9.17, 15) is 9.90 Å². The van der Waals surface area contributed by atoms with Crippen molar-refractivity contribution in [1.29, 1.82) is 0 Å². The zero-order valence-electron chi connectivity index (χ0n) is 13.6. The summed E-state index contributed by atoms with van der Waals surface area (Å²) in [5.41, 5.74) is 0. The van der Waals surface area contributed by atoms with Crippen LogP contribution in [0.1, 0.15) is 71.0 Å². The topological polar surface area (TPSA) is 48.9 Å². The number of aromatic nitrogens is 2. The Morgan fingerprint density at radius 2 is 1.90 bits per heavy atom. The lowest BCUT2D eigenvalue weighted by atomic mass is 10.1. The first-order valence-corrected chi connectivity index (χ1v) is 8.46. The molecule has 0 N–H and O–H groups in total. The van der Waals surface area contributed by atoms with Crippen LogP contribution in [0.4, 0.5) is 0 Å². The number of nitrogens with zero attached hydrogens (tertiary/aromatic N) is 2. The Morgan fingerprint density at radius 1 is 1.14 bits per heavy atom. The number of carboxylic acid groups (broad SMARTS) is 1. The monoisotopic (exact) mass is 294 g/mol. The van der Waals surface area contributed by atoms with Crippen LogP contribution >= 0.6 is 0 Å². The Hall–Kier alpha value is -1.32. The summed E-state index contributed by atoms with van der Waals surface area (Å²) in [6.45, 7) is 6.23. The molecule has 1 heterocycles. The predicted octanol–water partition coefficient (Wildman–Crippen LogP) is 2.23. The van der Waals surface area contributed by atoms with Crippen LogP contribution in [0, 0.1) is 0 Å². The summed E-state index contributed by atoms with van der Waals surface area (Å²) in [6.07, 6.45) is 13.6. The summed E-state index contributed by atoms with van der Waals surface area (Å²) < 4.78 is 4.54. The fourth-order valence-electron chi connectivity index (χ4n) is 2.71. The molecule has 0 aliphatic carbocycles. The average molecular weight is 294 g/mol. The Bertz CT molecular complexity index is 413. The van der Waals surface area contributed by atoms with E-state index in [2.05, 4.69) is 35.4 Å². The smallest absolute Gasteiger partial charge is 0.256 e. The molecule has 1 aromatic rings. The maximum atomic E-state index is 10.5. The van der Waals surface area contributed by atoms with Gasteiger partial charge >= 0.3 is 0 Å². The minimum atomic E-state index is -0.954. The molecule has 120 valence electrons. The lowest BCUT2D eigenvalue weighted by Crippen LogP contribution is -2.37. The van der Waals surface area contributed by atoms with Crippen molar-refractivity contribution in [2.24, 2.45) is 0 Å². The molecule has 0 atom stereocenters. The van der Waals surface area contributed by atoms with Crippen molar-refractivity contribution >= 4 is 5.97 Å². The minimum absolute atomic E-state index is 0.141. The normalized spacial score (nSPS) is 11.0. The molecular weight excluding hydrogens is 264 g/mol. The molecule has 21 heavy (non-hydrogen) atoms. The van der Waals surface area contributed by atoms with Crippen LogP contribution in [0.25, 0.3) is 0 Å². The van der Waals surface area contributed by atoms with Crippen LogP contribution in [-0.2, 0) is 24.3 Å². The highest BCUT2D eigenvalue weighted by atomic mass is 16.4. The van der Waals surface area contributed by atoms with Gasteiger partial charge < -0.3 is 9.90 Å². The first kappa shape index (κ1) is 17.7. The van der Waals surface area contributed by atoms with E-state index in [0.29, 0.717) is 6.42 Å². The van der Waals surface area contributed by atoms with Gasteiger partial charge in [-0.25, -0.2) is 9.13 Å². The third-order valence-electron chi connectivity index (χ3n) is 3.84. The summed E-state index contributed by atoms with van der Waals surface area (Å²) in [6, 6.07) is 0. The maximum Gasteiger partial charge on any atom is 0.256 e. The van der Waals surface area contributed by atoms with Crippen molar-refractivity contribution in [3.05, 3.63) is 18.2 Å². The Kier molecular flexibility index (Phi) is 8.79. The third kappa shape index (κ3) is 6.78. The third-order valence-corrected chi connectivity index (χ3v) is 3.84. The minimum Gasteiger partial charge on any atom is -0.550 e. The fraction of sp³-hybridized carbons (Fsp3) is 0.765. The molecule has 0 fully saturated rings. The maximum absolute atomic E-state index is 10.5. The number of aliphatic carboxylic acids is 1. The van der Waals surface area contributed by atoms with Crippen molar-refractivity contribution in [3.63, 3.8) is 0 Å². The number of carbonyl (C=O) groups is 1. The van der Waals surface area contributed by atoms with Crippen LogP contribution in [-0.4, -0.2) is 10.5 Å². The van der Waals surface area contributed by atoms with Crippen molar-refractivity contribution < 1.29 is 14.5 Å². The average Bonchev–Trinajstić information content (AvgIpc) is 2.81. The summed E-state index contributed by atoms with van der Waals surface area (Å²) in [5, 5.41) is 10.5. The highest BCUT2D eigenvalue weighted by Gasteiger charge is 2.15. The predicted molar refractivity (Wildman–Crippen MR) is 81.6 cm³/mol. The van der Waals surface area contributed by atoms with Gasteiger partial charge in [0, 0.05) is 12.4 Å². The number of hydrogen-bond donors (Lipinski definition) is 0. The second kappa shape index (κ2) is 10.4. The van der Waals surface area contributed by atoms with Crippen LogP contribution in [0.15, 0.2) is 12.4 Å². The van der Waals surface area contributed by atoms with E-state index < -0.39 is 5.97 Å². The summed E-state index contributed by atoms with van der Waals surface area (Å²) in [5.74, 6) is 0.386. The molecule has 0 radical (unpaired) electrons. The molecule has 0 saturated carbocycles. The SMILES string of the molecule is CCCCCCCc1n(CCCC(=O)[O-])cc[n+]1CCC. The molecule has 0 aliphatic rings. The van der Waals surface area contributed by atoms with E-state index in [4.69, 9.17) is 0 Å². The van der Waals surface area contributed by atoms with Gasteiger partial charge in [0.25, 0.3) is 5.82 Å². The lowest BCUT2D eigenvalue weighted by molar-refractivity contribution is -0.703. The zero-order chi connectivity index (χ0) is 15.5. The van der Waals surface area contributed by atoms with Gasteiger partial charge in [-0.2, -0.15) is 0 Å². The number of rotatable bonds is 12. The number of unbranched alkanes of at least 4 members (excludes halogenated alkanes) is 4. The molecule has 4 heteroatoms. The molecule has 4 nitrogen and oxygen atoms in total. The highest BCUT2D eigenvalue weighted by Crippen LogP contribution is 2.08. The van der Waals surface area contributed by atoms with Gasteiger partial charge in [-0.05, 0) is 25.7 Å². The largest absolute Gasteiger partial charge is 0.550 e. The molecule has 1 rings (SSSR count). The van der Waals surface area contributed by atoms with E-state index >= 15 is 0 Å². The van der Waals surface area contributed by atoms with Gasteiger partial charge in [0.1, 0.15) is 12.4 Å². The Morgan fingerprint density at radius 3 is 2.57 bits per heavy atom. The number of hydrogen-bond acceptors (Lipinski definition) is 2. The van der Waals surface area contributed by atoms with E-state index in [1.807, 2.05) is 0 Å². The van der Waals surface area contributed by atoms with E-state index in [1.165, 1.54) is 37.9 Å². The van der Waals surface area contributed by atoms with Crippen LogP contribution in [0.2, 0.25) is 0 Å². The van der Waals surface area contributed by atoms with Gasteiger partial charge in [-0.15, -0.1) is 0 Å². The number of aryl methyl sites for hydroxylation is 2. The van der Waals surface area contributed by atoms with Crippen LogP contribution in [0.5, 0.6) is 0 Å².